The van der Waals surface area contributed by atoms with Crippen molar-refractivity contribution < 1.29 is 13.2 Å². The quantitative estimate of drug-likeness (QED) is 0.766. The van der Waals surface area contributed by atoms with Gasteiger partial charge in [-0.15, -0.1) is 0 Å². The molecule has 4 N–H and O–H groups in total. The number of carbonyl (C=O) groups excluding carboxylic acids is 1. The highest BCUT2D eigenvalue weighted by atomic mass is 32.2. The Morgan fingerprint density at radius 1 is 1.38 bits per heavy atom. The number of nitrogens with one attached hydrogen (secondary N) is 2. The summed E-state index contributed by atoms with van der Waals surface area (Å²) >= 11 is 0. The van der Waals surface area contributed by atoms with Crippen molar-refractivity contribution in [3.05, 3.63) is 23.8 Å². The van der Waals surface area contributed by atoms with Crippen LogP contribution in [0.4, 0.5) is 5.69 Å². The minimum Gasteiger partial charge on any atom is -0.326 e. The monoisotopic (exact) mass is 309 g/mol. The van der Waals surface area contributed by atoms with Gasteiger partial charge in [-0.25, -0.2) is 13.6 Å². The third-order valence-corrected chi connectivity index (χ3v) is 5.54. The summed E-state index contributed by atoms with van der Waals surface area (Å²) in [7, 11) is -3.78. The number of amides is 1. The SMILES string of the molecule is Cc1c(NC(=O)C2CC3CCC2N3)cccc1S(N)(=O)=O. The molecule has 1 aromatic carbocycles. The zero-order valence-corrected chi connectivity index (χ0v) is 12.6. The Morgan fingerprint density at radius 2 is 2.14 bits per heavy atom. The number of primary sulfonamides is 1. The molecule has 7 heteroatoms. The molecule has 0 saturated carbocycles. The number of fused-ring (bicyclic) bond motifs is 2. The predicted molar refractivity (Wildman–Crippen MR) is 79.2 cm³/mol. The summed E-state index contributed by atoms with van der Waals surface area (Å²) in [4.78, 5) is 12.4. The number of anilines is 1. The van der Waals surface area contributed by atoms with Crippen LogP contribution in [-0.2, 0) is 14.8 Å². The van der Waals surface area contributed by atoms with E-state index in [9.17, 15) is 13.2 Å². The van der Waals surface area contributed by atoms with Gasteiger partial charge in [0.1, 0.15) is 0 Å². The molecule has 114 valence electrons. The van der Waals surface area contributed by atoms with Gasteiger partial charge in [0.2, 0.25) is 15.9 Å². The lowest BCUT2D eigenvalue weighted by atomic mass is 9.88. The van der Waals surface area contributed by atoms with E-state index in [-0.39, 0.29) is 22.8 Å². The van der Waals surface area contributed by atoms with Gasteiger partial charge in [0.25, 0.3) is 0 Å². The fourth-order valence-corrected chi connectivity index (χ4v) is 4.20. The molecule has 2 aliphatic heterocycles. The Kier molecular flexibility index (Phi) is 3.51. The second-order valence-corrected chi connectivity index (χ2v) is 7.38. The average Bonchev–Trinajstić information content (AvgIpc) is 3.02. The highest BCUT2D eigenvalue weighted by Gasteiger charge is 2.42. The van der Waals surface area contributed by atoms with E-state index in [1.54, 1.807) is 19.1 Å². The van der Waals surface area contributed by atoms with E-state index in [0.717, 1.165) is 19.3 Å². The van der Waals surface area contributed by atoms with Crippen LogP contribution in [0.5, 0.6) is 0 Å². The number of sulfonamides is 1. The highest BCUT2D eigenvalue weighted by molar-refractivity contribution is 7.89. The molecule has 2 aliphatic rings. The normalized spacial score (nSPS) is 27.8. The fourth-order valence-electron chi connectivity index (χ4n) is 3.40. The first-order chi connectivity index (χ1) is 9.86. The Labute approximate surface area is 124 Å². The molecule has 21 heavy (non-hydrogen) atoms. The number of benzene rings is 1. The van der Waals surface area contributed by atoms with Crippen LogP contribution >= 0.6 is 0 Å². The second-order valence-electron chi connectivity index (χ2n) is 5.85. The number of nitrogens with two attached hydrogens (primary N) is 1. The van der Waals surface area contributed by atoms with E-state index >= 15 is 0 Å². The van der Waals surface area contributed by atoms with Crippen molar-refractivity contribution in [2.24, 2.45) is 11.1 Å². The third kappa shape index (κ3) is 2.68. The number of hydrogen-bond donors (Lipinski definition) is 3. The Morgan fingerprint density at radius 3 is 2.71 bits per heavy atom. The van der Waals surface area contributed by atoms with Crippen molar-refractivity contribution in [1.82, 2.24) is 5.32 Å². The van der Waals surface area contributed by atoms with Gasteiger partial charge in [0.15, 0.2) is 0 Å². The summed E-state index contributed by atoms with van der Waals surface area (Å²) < 4.78 is 23.0. The Balaban J connectivity index is 1.81. The van der Waals surface area contributed by atoms with Crippen LogP contribution in [0.1, 0.15) is 24.8 Å². The van der Waals surface area contributed by atoms with Gasteiger partial charge >= 0.3 is 0 Å². The van der Waals surface area contributed by atoms with E-state index < -0.39 is 10.0 Å². The van der Waals surface area contributed by atoms with Crippen LogP contribution in [0.2, 0.25) is 0 Å². The first kappa shape index (κ1) is 14.5. The first-order valence-corrected chi connectivity index (χ1v) is 8.60. The summed E-state index contributed by atoms with van der Waals surface area (Å²) in [5.74, 6) is -0.0920. The fraction of sp³-hybridized carbons (Fsp3) is 0.500. The van der Waals surface area contributed by atoms with Gasteiger partial charge in [0, 0.05) is 17.8 Å². The van der Waals surface area contributed by atoms with E-state index in [4.69, 9.17) is 5.14 Å². The molecular formula is C14H19N3O3S. The number of hydrogen-bond acceptors (Lipinski definition) is 4. The van der Waals surface area contributed by atoms with Crippen LogP contribution < -0.4 is 15.8 Å². The van der Waals surface area contributed by atoms with Crippen LogP contribution in [0.15, 0.2) is 23.1 Å². The lowest BCUT2D eigenvalue weighted by molar-refractivity contribution is -0.120. The lowest BCUT2D eigenvalue weighted by Gasteiger charge is -2.20. The van der Waals surface area contributed by atoms with Crippen molar-refractivity contribution in [2.45, 2.75) is 43.2 Å². The standard InChI is InChI=1S/C14H19N3O3S/c1-8-11(3-2-4-13(8)21(15,19)20)17-14(18)10-7-9-5-6-12(10)16-9/h2-4,9-10,12,16H,5-7H2,1H3,(H,17,18)(H2,15,19,20). The molecule has 3 rings (SSSR count). The summed E-state index contributed by atoms with van der Waals surface area (Å²) in [5.41, 5.74) is 0.985. The zero-order chi connectivity index (χ0) is 15.2. The van der Waals surface area contributed by atoms with Crippen molar-refractivity contribution in [3.63, 3.8) is 0 Å². The maximum Gasteiger partial charge on any atom is 0.238 e. The molecule has 1 aromatic rings. The summed E-state index contributed by atoms with van der Waals surface area (Å²) in [6, 6.07) is 5.42. The average molecular weight is 309 g/mol. The lowest BCUT2D eigenvalue weighted by Crippen LogP contribution is -2.33. The Hall–Kier alpha value is -1.44. The summed E-state index contributed by atoms with van der Waals surface area (Å²) in [6.07, 6.45) is 3.01. The van der Waals surface area contributed by atoms with Gasteiger partial charge in [0.05, 0.1) is 10.8 Å². The van der Waals surface area contributed by atoms with Crippen LogP contribution in [-0.4, -0.2) is 26.4 Å². The molecule has 0 radical (unpaired) electrons. The molecule has 3 atom stereocenters. The molecular weight excluding hydrogens is 290 g/mol. The first-order valence-electron chi connectivity index (χ1n) is 7.05. The molecule has 2 fully saturated rings. The molecule has 2 saturated heterocycles. The van der Waals surface area contributed by atoms with Crippen LogP contribution in [0.25, 0.3) is 0 Å². The molecule has 0 spiro atoms. The largest absolute Gasteiger partial charge is 0.326 e. The molecule has 3 unspecified atom stereocenters. The number of carbonyl (C=O) groups is 1. The number of rotatable bonds is 3. The third-order valence-electron chi connectivity index (χ3n) is 4.49. The minimum atomic E-state index is -3.78. The summed E-state index contributed by atoms with van der Waals surface area (Å²) in [5, 5.41) is 11.4. The second kappa shape index (κ2) is 5.08. The van der Waals surface area contributed by atoms with E-state index in [0.29, 0.717) is 17.3 Å². The van der Waals surface area contributed by atoms with Crippen molar-refractivity contribution in [2.75, 3.05) is 5.32 Å². The summed E-state index contributed by atoms with van der Waals surface area (Å²) in [6.45, 7) is 1.65. The van der Waals surface area contributed by atoms with Crippen molar-refractivity contribution in [1.29, 1.82) is 0 Å². The molecule has 2 bridgehead atoms. The van der Waals surface area contributed by atoms with Gasteiger partial charge in [-0.3, -0.25) is 4.79 Å². The van der Waals surface area contributed by atoms with Crippen molar-refractivity contribution in [3.8, 4) is 0 Å². The van der Waals surface area contributed by atoms with Crippen molar-refractivity contribution >= 4 is 21.6 Å². The van der Waals surface area contributed by atoms with Gasteiger partial charge in [-0.1, -0.05) is 6.07 Å². The molecule has 2 heterocycles. The predicted octanol–water partition coefficient (Wildman–Crippen LogP) is 0.721. The molecule has 0 aliphatic carbocycles. The van der Waals surface area contributed by atoms with Crippen LogP contribution in [0, 0.1) is 12.8 Å². The topological polar surface area (TPSA) is 101 Å². The maximum atomic E-state index is 12.4. The Bertz CT molecular complexity index is 687. The maximum absolute atomic E-state index is 12.4. The zero-order valence-electron chi connectivity index (χ0n) is 11.8. The van der Waals surface area contributed by atoms with E-state index in [1.807, 2.05) is 0 Å². The van der Waals surface area contributed by atoms with Gasteiger partial charge < -0.3 is 10.6 Å². The smallest absolute Gasteiger partial charge is 0.238 e. The van der Waals surface area contributed by atoms with Crippen LogP contribution in [0.3, 0.4) is 0 Å². The van der Waals surface area contributed by atoms with Gasteiger partial charge in [-0.2, -0.15) is 0 Å². The highest BCUT2D eigenvalue weighted by Crippen LogP contribution is 2.34. The minimum absolute atomic E-state index is 0.0405. The van der Waals surface area contributed by atoms with E-state index in [2.05, 4.69) is 10.6 Å². The molecule has 1 amide bonds. The molecule has 0 aromatic heterocycles. The van der Waals surface area contributed by atoms with Gasteiger partial charge in [-0.05, 0) is 43.9 Å². The van der Waals surface area contributed by atoms with E-state index in [1.165, 1.54) is 6.07 Å². The molecule has 6 nitrogen and oxygen atoms in total.